The molecule has 0 aromatic heterocycles. The Morgan fingerprint density at radius 1 is 1.26 bits per heavy atom. The average Bonchev–Trinajstić information content (AvgIpc) is 3.31. The van der Waals surface area contributed by atoms with Crippen molar-refractivity contribution in [3.63, 3.8) is 0 Å². The number of para-hydroxylation sites is 1. The number of fused-ring (bicyclic) bond motifs is 2. The summed E-state index contributed by atoms with van der Waals surface area (Å²) >= 11 is 0. The summed E-state index contributed by atoms with van der Waals surface area (Å²) in [5.74, 6) is -2.45. The van der Waals surface area contributed by atoms with E-state index in [-0.39, 0.29) is 11.5 Å². The zero-order valence-electron chi connectivity index (χ0n) is 17.8. The number of likely N-dealkylation sites (tertiary alicyclic amines) is 1. The lowest BCUT2D eigenvalue weighted by molar-refractivity contribution is -0.192. The van der Waals surface area contributed by atoms with Gasteiger partial charge >= 0.3 is 12.1 Å². The van der Waals surface area contributed by atoms with Crippen molar-refractivity contribution in [1.29, 1.82) is 0 Å². The van der Waals surface area contributed by atoms with Crippen molar-refractivity contribution in [3.8, 4) is 0 Å². The molecule has 0 saturated carbocycles. The van der Waals surface area contributed by atoms with E-state index >= 15 is 0 Å². The van der Waals surface area contributed by atoms with Crippen LogP contribution in [0.25, 0.3) is 0 Å². The molecule has 1 aromatic rings. The van der Waals surface area contributed by atoms with Crippen LogP contribution >= 0.6 is 0 Å². The smallest absolute Gasteiger partial charge is 0.475 e. The monoisotopic (exact) mass is 442 g/mol. The van der Waals surface area contributed by atoms with Crippen LogP contribution in [0.4, 0.5) is 18.9 Å². The fourth-order valence-corrected chi connectivity index (χ4v) is 4.68. The highest BCUT2D eigenvalue weighted by molar-refractivity contribution is 6.08. The molecule has 0 radical (unpaired) electrons. The lowest BCUT2D eigenvalue weighted by Gasteiger charge is -2.40. The maximum absolute atomic E-state index is 13.5. The van der Waals surface area contributed by atoms with Gasteiger partial charge in [-0.2, -0.15) is 13.2 Å². The molecule has 2 saturated heterocycles. The minimum atomic E-state index is -5.08. The molecule has 1 N–H and O–H groups in total. The number of amides is 1. The van der Waals surface area contributed by atoms with Crippen molar-refractivity contribution in [3.05, 3.63) is 29.8 Å². The molecule has 1 spiro atoms. The molecule has 1 amide bonds. The molecule has 3 aliphatic rings. The summed E-state index contributed by atoms with van der Waals surface area (Å²) in [6, 6.07) is 8.98. The summed E-state index contributed by atoms with van der Waals surface area (Å²) < 4.78 is 37.5. The summed E-state index contributed by atoms with van der Waals surface area (Å²) in [7, 11) is 0. The predicted molar refractivity (Wildman–Crippen MR) is 109 cm³/mol. The van der Waals surface area contributed by atoms with Crippen molar-refractivity contribution in [2.75, 3.05) is 31.1 Å². The second-order valence-corrected chi connectivity index (χ2v) is 8.58. The molecule has 31 heavy (non-hydrogen) atoms. The van der Waals surface area contributed by atoms with Crippen LogP contribution in [-0.2, 0) is 19.7 Å². The van der Waals surface area contributed by atoms with E-state index in [1.165, 1.54) is 5.56 Å². The van der Waals surface area contributed by atoms with Gasteiger partial charge in [0.1, 0.15) is 0 Å². The van der Waals surface area contributed by atoms with E-state index in [2.05, 4.69) is 43.0 Å². The molecule has 172 valence electrons. The molecule has 1 unspecified atom stereocenters. The van der Waals surface area contributed by atoms with Gasteiger partial charge in [-0.3, -0.25) is 4.79 Å². The Morgan fingerprint density at radius 2 is 1.87 bits per heavy atom. The van der Waals surface area contributed by atoms with Crippen molar-refractivity contribution in [2.45, 2.75) is 63.3 Å². The number of piperidine rings is 1. The number of carbonyl (C=O) groups is 2. The van der Waals surface area contributed by atoms with Crippen molar-refractivity contribution >= 4 is 17.6 Å². The first-order chi connectivity index (χ1) is 14.6. The normalized spacial score (nSPS) is 23.1. The summed E-state index contributed by atoms with van der Waals surface area (Å²) in [4.78, 5) is 26.9. The average molecular weight is 442 g/mol. The minimum Gasteiger partial charge on any atom is -0.475 e. The third-order valence-corrected chi connectivity index (χ3v) is 6.40. The zero-order chi connectivity index (χ0) is 22.8. The molecule has 3 aliphatic heterocycles. The standard InChI is InChI=1S/C20H28N2O2.C2HF3O2/c1-15(2)21-11-9-20(10-12-21)17-7-3-4-8-18(17)22(19(20)23)14-16-6-5-13-24-16;3-2(4,5)1(6)7/h3-4,7-8,15-16H,5-6,9-14H2,1-2H3;(H,6,7). The number of carboxylic acid groups (broad SMARTS) is 1. The molecule has 0 bridgehead atoms. The predicted octanol–water partition coefficient (Wildman–Crippen LogP) is 3.59. The number of benzene rings is 1. The van der Waals surface area contributed by atoms with E-state index in [1.807, 2.05) is 4.90 Å². The Labute approximate surface area is 180 Å². The maximum atomic E-state index is 13.5. The molecular weight excluding hydrogens is 413 g/mol. The second kappa shape index (κ2) is 9.16. The lowest BCUT2D eigenvalue weighted by Crippen LogP contribution is -2.51. The van der Waals surface area contributed by atoms with Crippen LogP contribution in [0.1, 0.15) is 45.1 Å². The van der Waals surface area contributed by atoms with Gasteiger partial charge in [-0.15, -0.1) is 0 Å². The number of carbonyl (C=O) groups excluding carboxylic acids is 1. The van der Waals surface area contributed by atoms with Gasteiger partial charge < -0.3 is 19.6 Å². The number of halogens is 3. The highest BCUT2D eigenvalue weighted by atomic mass is 19.4. The number of nitrogens with zero attached hydrogens (tertiary/aromatic N) is 2. The fourth-order valence-electron chi connectivity index (χ4n) is 4.68. The summed E-state index contributed by atoms with van der Waals surface area (Å²) in [6.07, 6.45) is -0.831. The SMILES string of the molecule is CC(C)N1CCC2(CC1)C(=O)N(CC1CCCO1)c1ccccc12.O=C(O)C(F)(F)F. The first-order valence-corrected chi connectivity index (χ1v) is 10.6. The van der Waals surface area contributed by atoms with Gasteiger partial charge in [0.2, 0.25) is 5.91 Å². The molecule has 1 atom stereocenters. The number of hydrogen-bond donors (Lipinski definition) is 1. The van der Waals surface area contributed by atoms with E-state index in [0.29, 0.717) is 18.5 Å². The van der Waals surface area contributed by atoms with Gasteiger partial charge in [0.05, 0.1) is 18.1 Å². The van der Waals surface area contributed by atoms with E-state index in [9.17, 15) is 18.0 Å². The Balaban J connectivity index is 0.000000339. The van der Waals surface area contributed by atoms with Gasteiger partial charge in [0, 0.05) is 18.3 Å². The first-order valence-electron chi connectivity index (χ1n) is 10.6. The largest absolute Gasteiger partial charge is 0.490 e. The van der Waals surface area contributed by atoms with Gasteiger partial charge in [-0.05, 0) is 64.3 Å². The van der Waals surface area contributed by atoms with E-state index in [4.69, 9.17) is 14.6 Å². The summed E-state index contributed by atoms with van der Waals surface area (Å²) in [5, 5.41) is 7.12. The molecule has 4 rings (SSSR count). The molecule has 1 aromatic carbocycles. The summed E-state index contributed by atoms with van der Waals surface area (Å²) in [5.41, 5.74) is 2.06. The zero-order valence-corrected chi connectivity index (χ0v) is 17.8. The van der Waals surface area contributed by atoms with Gasteiger partial charge in [-0.1, -0.05) is 18.2 Å². The van der Waals surface area contributed by atoms with Crippen LogP contribution in [-0.4, -0.2) is 66.4 Å². The van der Waals surface area contributed by atoms with Crippen LogP contribution in [0.5, 0.6) is 0 Å². The third-order valence-electron chi connectivity index (χ3n) is 6.40. The molecule has 3 heterocycles. The van der Waals surface area contributed by atoms with Crippen molar-refractivity contribution < 1.29 is 32.6 Å². The highest BCUT2D eigenvalue weighted by Crippen LogP contribution is 2.48. The van der Waals surface area contributed by atoms with Crippen LogP contribution in [0.3, 0.4) is 0 Å². The second-order valence-electron chi connectivity index (χ2n) is 8.58. The number of alkyl halides is 3. The highest BCUT2D eigenvalue weighted by Gasteiger charge is 2.52. The van der Waals surface area contributed by atoms with Gasteiger partial charge in [-0.25, -0.2) is 4.79 Å². The quantitative estimate of drug-likeness (QED) is 0.775. The topological polar surface area (TPSA) is 70.1 Å². The van der Waals surface area contributed by atoms with Gasteiger partial charge in [0.25, 0.3) is 0 Å². The Bertz CT molecular complexity index is 798. The first kappa shape index (κ1) is 23.5. The Kier molecular flexibility index (Phi) is 6.95. The van der Waals surface area contributed by atoms with Crippen LogP contribution < -0.4 is 4.90 Å². The molecular formula is C22H29F3N2O4. The van der Waals surface area contributed by atoms with Crippen molar-refractivity contribution in [1.82, 2.24) is 4.90 Å². The van der Waals surface area contributed by atoms with Crippen molar-refractivity contribution in [2.24, 2.45) is 0 Å². The molecule has 6 nitrogen and oxygen atoms in total. The third kappa shape index (κ3) is 4.87. The number of carboxylic acids is 1. The molecule has 2 fully saturated rings. The summed E-state index contributed by atoms with van der Waals surface area (Å²) in [6.45, 7) is 8.05. The lowest BCUT2D eigenvalue weighted by atomic mass is 9.73. The van der Waals surface area contributed by atoms with E-state index < -0.39 is 12.1 Å². The van der Waals surface area contributed by atoms with Crippen LogP contribution in [0.2, 0.25) is 0 Å². The molecule has 9 heteroatoms. The molecule has 0 aliphatic carbocycles. The van der Waals surface area contributed by atoms with Crippen LogP contribution in [0, 0.1) is 0 Å². The van der Waals surface area contributed by atoms with Gasteiger partial charge in [0.15, 0.2) is 0 Å². The minimum absolute atomic E-state index is 0.202. The van der Waals surface area contributed by atoms with Crippen LogP contribution in [0.15, 0.2) is 24.3 Å². The Hall–Kier alpha value is -2.13. The number of rotatable bonds is 3. The number of anilines is 1. The van der Waals surface area contributed by atoms with E-state index in [1.54, 1.807) is 0 Å². The Morgan fingerprint density at radius 3 is 2.39 bits per heavy atom. The number of aliphatic carboxylic acids is 1. The number of ether oxygens (including phenoxy) is 1. The number of hydrogen-bond acceptors (Lipinski definition) is 4. The van der Waals surface area contributed by atoms with E-state index in [0.717, 1.165) is 51.1 Å². The fraction of sp³-hybridized carbons (Fsp3) is 0.636. The maximum Gasteiger partial charge on any atom is 0.490 e.